The summed E-state index contributed by atoms with van der Waals surface area (Å²) in [4.78, 5) is 10.4. The molecule has 2 nitrogen and oxygen atoms in total. The maximum Gasteiger partial charge on any atom is 0.195 e. The summed E-state index contributed by atoms with van der Waals surface area (Å²) in [6, 6.07) is 3.39. The van der Waals surface area contributed by atoms with Gasteiger partial charge in [-0.1, -0.05) is 0 Å². The second kappa shape index (κ2) is 4.37. The molecule has 0 fully saturated rings. The Balaban J connectivity index is 2.66. The van der Waals surface area contributed by atoms with Crippen molar-refractivity contribution in [2.24, 2.45) is 0 Å². The Morgan fingerprint density at radius 2 is 1.88 bits per heavy atom. The lowest BCUT2D eigenvalue weighted by molar-refractivity contribution is 0.110. The highest BCUT2D eigenvalue weighted by Gasteiger charge is 2.21. The third kappa shape index (κ3) is 2.00. The van der Waals surface area contributed by atoms with Crippen LogP contribution >= 0.6 is 15.9 Å². The molecule has 0 unspecified atom stereocenters. The molecule has 1 aromatic heterocycles. The summed E-state index contributed by atoms with van der Waals surface area (Å²) in [5.41, 5.74) is -0.267. The third-order valence-electron chi connectivity index (χ3n) is 2.10. The Bertz CT molecular complexity index is 593. The number of furan rings is 1. The van der Waals surface area contributed by atoms with Crippen LogP contribution in [0.3, 0.4) is 0 Å². The minimum Gasteiger partial charge on any atom is -0.453 e. The van der Waals surface area contributed by atoms with Crippen LogP contribution < -0.4 is 0 Å². The molecule has 88 valence electrons. The van der Waals surface area contributed by atoms with E-state index in [0.29, 0.717) is 6.29 Å². The van der Waals surface area contributed by atoms with Crippen molar-refractivity contribution in [1.82, 2.24) is 0 Å². The quantitative estimate of drug-likeness (QED) is 0.478. The van der Waals surface area contributed by atoms with Crippen molar-refractivity contribution in [3.8, 4) is 11.3 Å². The largest absolute Gasteiger partial charge is 0.453 e. The molecule has 0 amide bonds. The van der Waals surface area contributed by atoms with Gasteiger partial charge < -0.3 is 4.42 Å². The molecule has 0 aliphatic rings. The van der Waals surface area contributed by atoms with E-state index in [2.05, 4.69) is 15.9 Å². The predicted octanol–water partition coefficient (Wildman–Crippen LogP) is 3.94. The fraction of sp³-hybridized carbons (Fsp3) is 0. The number of halogens is 4. The first-order valence-corrected chi connectivity index (χ1v) is 5.22. The molecule has 0 spiro atoms. The normalized spacial score (nSPS) is 10.6. The molecule has 0 radical (unpaired) electrons. The SMILES string of the molecule is O=Cc1ccc(-c2c(Br)cc(F)c(F)c2F)o1. The van der Waals surface area contributed by atoms with Crippen LogP contribution in [0, 0.1) is 17.5 Å². The Hall–Kier alpha value is -1.56. The molecule has 0 saturated carbocycles. The molecule has 17 heavy (non-hydrogen) atoms. The van der Waals surface area contributed by atoms with Crippen LogP contribution in [0.1, 0.15) is 10.6 Å². The zero-order chi connectivity index (χ0) is 12.6. The van der Waals surface area contributed by atoms with Crippen LogP contribution in [0.5, 0.6) is 0 Å². The van der Waals surface area contributed by atoms with Crippen molar-refractivity contribution in [2.75, 3.05) is 0 Å². The molecule has 1 aromatic carbocycles. The van der Waals surface area contributed by atoms with E-state index >= 15 is 0 Å². The summed E-state index contributed by atoms with van der Waals surface area (Å²) < 4.78 is 44.4. The molecule has 6 heteroatoms. The fourth-order valence-corrected chi connectivity index (χ4v) is 1.91. The second-order valence-corrected chi connectivity index (χ2v) is 4.02. The van der Waals surface area contributed by atoms with E-state index in [0.717, 1.165) is 6.07 Å². The van der Waals surface area contributed by atoms with Gasteiger partial charge in [-0.3, -0.25) is 4.79 Å². The van der Waals surface area contributed by atoms with Crippen LogP contribution in [0.4, 0.5) is 13.2 Å². The van der Waals surface area contributed by atoms with E-state index in [9.17, 15) is 18.0 Å². The minimum absolute atomic E-state index is 0.000647. The molecule has 0 bridgehead atoms. The third-order valence-corrected chi connectivity index (χ3v) is 2.73. The standard InChI is InChI=1S/C11H4BrF3O2/c12-6-3-7(13)10(14)11(15)9(6)8-2-1-5(4-16)17-8/h1-4H. The molecular weight excluding hydrogens is 301 g/mol. The zero-order valence-electron chi connectivity index (χ0n) is 8.14. The summed E-state index contributed by atoms with van der Waals surface area (Å²) in [6.07, 6.45) is 0.426. The summed E-state index contributed by atoms with van der Waals surface area (Å²) in [5, 5.41) is 0. The van der Waals surface area contributed by atoms with Crippen molar-refractivity contribution in [3.05, 3.63) is 45.9 Å². The maximum atomic E-state index is 13.5. The number of aldehydes is 1. The average Bonchev–Trinajstić information content (AvgIpc) is 2.74. The van der Waals surface area contributed by atoms with Gasteiger partial charge in [0.1, 0.15) is 5.76 Å². The van der Waals surface area contributed by atoms with Gasteiger partial charge in [-0.2, -0.15) is 0 Å². The lowest BCUT2D eigenvalue weighted by Gasteiger charge is -2.04. The van der Waals surface area contributed by atoms with E-state index in [1.165, 1.54) is 12.1 Å². The van der Waals surface area contributed by atoms with Crippen LogP contribution in [0.25, 0.3) is 11.3 Å². The Labute approximate surface area is 102 Å². The van der Waals surface area contributed by atoms with E-state index in [-0.39, 0.29) is 21.6 Å². The first kappa shape index (κ1) is 11.9. The van der Waals surface area contributed by atoms with Crippen LogP contribution in [-0.4, -0.2) is 6.29 Å². The molecule has 2 rings (SSSR count). The van der Waals surface area contributed by atoms with Crippen molar-refractivity contribution in [1.29, 1.82) is 0 Å². The van der Waals surface area contributed by atoms with Gasteiger partial charge in [0.15, 0.2) is 29.5 Å². The highest BCUT2D eigenvalue weighted by molar-refractivity contribution is 9.10. The lowest BCUT2D eigenvalue weighted by atomic mass is 10.1. The molecule has 1 heterocycles. The molecular formula is C11H4BrF3O2. The molecule has 0 aliphatic carbocycles. The second-order valence-electron chi connectivity index (χ2n) is 3.16. The van der Waals surface area contributed by atoms with Gasteiger partial charge >= 0.3 is 0 Å². The van der Waals surface area contributed by atoms with Crippen molar-refractivity contribution < 1.29 is 22.4 Å². The molecule has 0 aliphatic heterocycles. The van der Waals surface area contributed by atoms with Gasteiger partial charge in [-0.15, -0.1) is 0 Å². The van der Waals surface area contributed by atoms with Crippen molar-refractivity contribution in [3.63, 3.8) is 0 Å². The maximum absolute atomic E-state index is 13.5. The van der Waals surface area contributed by atoms with Crippen molar-refractivity contribution >= 4 is 22.2 Å². The molecule has 0 N–H and O–H groups in total. The van der Waals surface area contributed by atoms with E-state index in [1.54, 1.807) is 0 Å². The van der Waals surface area contributed by atoms with E-state index < -0.39 is 17.5 Å². The van der Waals surface area contributed by atoms with Gasteiger partial charge in [-0.25, -0.2) is 13.2 Å². The first-order chi connectivity index (χ1) is 8.04. The highest BCUT2D eigenvalue weighted by Crippen LogP contribution is 2.34. The number of carbonyl (C=O) groups excluding carboxylic acids is 1. The topological polar surface area (TPSA) is 30.2 Å². The predicted molar refractivity (Wildman–Crippen MR) is 57.1 cm³/mol. The Kier molecular flexibility index (Phi) is 3.06. The van der Waals surface area contributed by atoms with Gasteiger partial charge in [0, 0.05) is 4.47 Å². The van der Waals surface area contributed by atoms with Crippen LogP contribution in [0.2, 0.25) is 0 Å². The first-order valence-electron chi connectivity index (χ1n) is 4.43. The fourth-order valence-electron chi connectivity index (χ4n) is 1.34. The van der Waals surface area contributed by atoms with Crippen LogP contribution in [-0.2, 0) is 0 Å². The Morgan fingerprint density at radius 1 is 1.18 bits per heavy atom. The average molecular weight is 305 g/mol. The minimum atomic E-state index is -1.59. The molecule has 0 saturated heterocycles. The van der Waals surface area contributed by atoms with Gasteiger partial charge in [0.25, 0.3) is 0 Å². The monoisotopic (exact) mass is 304 g/mol. The summed E-state index contributed by atoms with van der Waals surface area (Å²) in [7, 11) is 0. The van der Waals surface area contributed by atoms with E-state index in [4.69, 9.17) is 4.42 Å². The zero-order valence-corrected chi connectivity index (χ0v) is 9.72. The summed E-state index contributed by atoms with van der Waals surface area (Å²) in [6.45, 7) is 0. The van der Waals surface area contributed by atoms with E-state index in [1.807, 2.05) is 0 Å². The Morgan fingerprint density at radius 3 is 2.47 bits per heavy atom. The number of hydrogen-bond donors (Lipinski definition) is 0. The highest BCUT2D eigenvalue weighted by atomic mass is 79.9. The number of carbonyl (C=O) groups is 1. The van der Waals surface area contributed by atoms with Gasteiger partial charge in [-0.05, 0) is 34.1 Å². The van der Waals surface area contributed by atoms with Crippen molar-refractivity contribution in [2.45, 2.75) is 0 Å². The molecule has 2 aromatic rings. The van der Waals surface area contributed by atoms with Gasteiger partial charge in [0.2, 0.25) is 0 Å². The smallest absolute Gasteiger partial charge is 0.195 e. The lowest BCUT2D eigenvalue weighted by Crippen LogP contribution is -1.95. The molecule has 0 atom stereocenters. The number of benzene rings is 1. The number of rotatable bonds is 2. The summed E-state index contributed by atoms with van der Waals surface area (Å²) >= 11 is 2.90. The number of hydrogen-bond acceptors (Lipinski definition) is 2. The summed E-state index contributed by atoms with van der Waals surface area (Å²) in [5.74, 6) is -4.36. The van der Waals surface area contributed by atoms with Crippen LogP contribution in [0.15, 0.2) is 27.1 Å². The van der Waals surface area contributed by atoms with Gasteiger partial charge in [0.05, 0.1) is 5.56 Å².